The van der Waals surface area contributed by atoms with E-state index >= 15 is 0 Å². The fourth-order valence-corrected chi connectivity index (χ4v) is 6.73. The van der Waals surface area contributed by atoms with Crippen molar-refractivity contribution in [2.45, 2.75) is 78.2 Å². The van der Waals surface area contributed by atoms with Crippen molar-refractivity contribution in [3.8, 4) is 0 Å². The third-order valence-electron chi connectivity index (χ3n) is 8.39. The van der Waals surface area contributed by atoms with Crippen LogP contribution in [-0.2, 0) is 9.59 Å². The van der Waals surface area contributed by atoms with Crippen LogP contribution in [0.5, 0.6) is 0 Å². The van der Waals surface area contributed by atoms with Gasteiger partial charge in [0, 0.05) is 11.8 Å². The first kappa shape index (κ1) is 17.2. The third-order valence-corrected chi connectivity index (χ3v) is 8.39. The van der Waals surface area contributed by atoms with Crippen molar-refractivity contribution >= 4 is 11.6 Å². The summed E-state index contributed by atoms with van der Waals surface area (Å²) in [5.41, 5.74) is 4.11. The van der Waals surface area contributed by atoms with Gasteiger partial charge in [-0.3, -0.25) is 9.59 Å². The van der Waals surface area contributed by atoms with E-state index in [1.165, 1.54) is 18.1 Å². The average molecular weight is 342 g/mol. The highest BCUT2D eigenvalue weighted by Gasteiger charge is 2.62. The number of carbonyl (C=O) groups excluding carboxylic acids is 2. The van der Waals surface area contributed by atoms with Gasteiger partial charge in [0.25, 0.3) is 0 Å². The Labute approximate surface area is 150 Å². The molecule has 5 atom stereocenters. The average Bonchev–Trinajstić information content (AvgIpc) is 2.86. The van der Waals surface area contributed by atoms with Crippen LogP contribution >= 0.6 is 0 Å². The number of carbonyl (C=O) groups is 2. The predicted octanol–water partition coefficient (Wildman–Crippen LogP) is 4.15. The topological polar surface area (TPSA) is 54.4 Å². The number of aliphatic hydroxyl groups excluding tert-OH is 1. The second kappa shape index (κ2) is 5.64. The molecule has 0 heterocycles. The summed E-state index contributed by atoms with van der Waals surface area (Å²) in [7, 11) is 0. The van der Waals surface area contributed by atoms with E-state index in [0.29, 0.717) is 18.3 Å². The molecule has 3 nitrogen and oxygen atoms in total. The van der Waals surface area contributed by atoms with E-state index in [0.717, 1.165) is 44.9 Å². The van der Waals surface area contributed by atoms with E-state index < -0.39 is 6.10 Å². The van der Waals surface area contributed by atoms with Crippen LogP contribution in [0.3, 0.4) is 0 Å². The van der Waals surface area contributed by atoms with Gasteiger partial charge in [0.15, 0.2) is 11.6 Å². The van der Waals surface area contributed by atoms with Gasteiger partial charge in [-0.1, -0.05) is 19.4 Å². The van der Waals surface area contributed by atoms with E-state index in [2.05, 4.69) is 13.8 Å². The largest absolute Gasteiger partial charge is 0.385 e. The highest BCUT2D eigenvalue weighted by atomic mass is 16.3. The summed E-state index contributed by atoms with van der Waals surface area (Å²) in [5, 5.41) is 10.7. The quantitative estimate of drug-likeness (QED) is 0.820. The molecule has 136 valence electrons. The predicted molar refractivity (Wildman–Crippen MR) is 96.9 cm³/mol. The summed E-state index contributed by atoms with van der Waals surface area (Å²) in [4.78, 5) is 23.7. The molecule has 0 aromatic carbocycles. The van der Waals surface area contributed by atoms with Gasteiger partial charge in [-0.25, -0.2) is 0 Å². The maximum atomic E-state index is 12.0. The highest BCUT2D eigenvalue weighted by Crippen LogP contribution is 2.67. The van der Waals surface area contributed by atoms with Gasteiger partial charge in [0.1, 0.15) is 6.10 Å². The smallest absolute Gasteiger partial charge is 0.158 e. The normalized spacial score (nSPS) is 41.6. The SMILES string of the molecule is CC(=O)C(O)C1(C)CCC2C3CCC4=CC(=O)CCC4=C3CCC21C. The molecule has 5 unspecified atom stereocenters. The summed E-state index contributed by atoms with van der Waals surface area (Å²) in [6, 6.07) is 0. The molecule has 25 heavy (non-hydrogen) atoms. The van der Waals surface area contributed by atoms with Gasteiger partial charge in [0.05, 0.1) is 0 Å². The molecule has 0 aliphatic heterocycles. The molecule has 4 aliphatic rings. The van der Waals surface area contributed by atoms with Crippen LogP contribution in [0.25, 0.3) is 0 Å². The molecule has 0 bridgehead atoms. The molecule has 3 heteroatoms. The highest BCUT2D eigenvalue weighted by molar-refractivity contribution is 5.93. The maximum Gasteiger partial charge on any atom is 0.158 e. The van der Waals surface area contributed by atoms with Crippen LogP contribution in [0.1, 0.15) is 72.1 Å². The van der Waals surface area contributed by atoms with E-state index in [-0.39, 0.29) is 22.4 Å². The summed E-state index contributed by atoms with van der Waals surface area (Å²) in [6.07, 6.45) is 8.96. The fourth-order valence-electron chi connectivity index (χ4n) is 6.73. The summed E-state index contributed by atoms with van der Waals surface area (Å²) in [6.45, 7) is 6.00. The molecule has 2 fully saturated rings. The minimum absolute atomic E-state index is 0.0263. The minimum atomic E-state index is -0.844. The number of hydrogen-bond donors (Lipinski definition) is 1. The van der Waals surface area contributed by atoms with Crippen LogP contribution in [0, 0.1) is 22.7 Å². The monoisotopic (exact) mass is 342 g/mol. The number of Topliss-reactive ketones (excluding diaryl/α,β-unsaturated/α-hetero) is 1. The van der Waals surface area contributed by atoms with Crippen LogP contribution in [-0.4, -0.2) is 22.8 Å². The van der Waals surface area contributed by atoms with Crippen molar-refractivity contribution in [1.29, 1.82) is 0 Å². The lowest BCUT2D eigenvalue weighted by Gasteiger charge is -2.53. The molecule has 0 radical (unpaired) electrons. The van der Waals surface area contributed by atoms with Gasteiger partial charge in [-0.2, -0.15) is 0 Å². The van der Waals surface area contributed by atoms with E-state index in [1.54, 1.807) is 5.57 Å². The number of rotatable bonds is 2. The van der Waals surface area contributed by atoms with Crippen molar-refractivity contribution < 1.29 is 14.7 Å². The molecule has 2 saturated carbocycles. The second-order valence-corrected chi connectivity index (χ2v) is 9.28. The summed E-state index contributed by atoms with van der Waals surface area (Å²) in [5.74, 6) is 1.34. The molecule has 4 aliphatic carbocycles. The number of hydrogen-bond acceptors (Lipinski definition) is 3. The molecule has 4 rings (SSSR count). The minimum Gasteiger partial charge on any atom is -0.385 e. The fraction of sp³-hybridized carbons (Fsp3) is 0.727. The van der Waals surface area contributed by atoms with Crippen molar-refractivity contribution in [2.24, 2.45) is 22.7 Å². The van der Waals surface area contributed by atoms with E-state index in [1.807, 2.05) is 6.08 Å². The Morgan fingerprint density at radius 1 is 1.16 bits per heavy atom. The Balaban J connectivity index is 1.71. The van der Waals surface area contributed by atoms with Crippen molar-refractivity contribution in [3.05, 3.63) is 22.8 Å². The van der Waals surface area contributed by atoms with Crippen LogP contribution in [0.2, 0.25) is 0 Å². The molecule has 0 aromatic heterocycles. The van der Waals surface area contributed by atoms with E-state index in [9.17, 15) is 14.7 Å². The Bertz CT molecular complexity index is 700. The van der Waals surface area contributed by atoms with Gasteiger partial charge < -0.3 is 5.11 Å². The first-order valence-electron chi connectivity index (χ1n) is 9.92. The number of aliphatic hydroxyl groups is 1. The first-order valence-corrected chi connectivity index (χ1v) is 9.92. The van der Waals surface area contributed by atoms with Crippen LogP contribution in [0.4, 0.5) is 0 Å². The van der Waals surface area contributed by atoms with Crippen molar-refractivity contribution in [3.63, 3.8) is 0 Å². The molecular weight excluding hydrogens is 312 g/mol. The lowest BCUT2D eigenvalue weighted by atomic mass is 9.51. The zero-order valence-corrected chi connectivity index (χ0v) is 15.7. The standard InChI is InChI=1S/C22H30O3/c1-13(23)20(25)22(3)11-9-19-18-6-4-14-12-15(24)5-7-16(14)17(18)8-10-21(19,22)2/h12,18-20,25H,4-11H2,1-3H3. The Hall–Kier alpha value is -1.22. The number of fused-ring (bicyclic) bond motifs is 4. The molecule has 0 saturated heterocycles. The number of allylic oxidation sites excluding steroid dienone is 4. The Kier molecular flexibility index (Phi) is 3.88. The molecular formula is C22H30O3. The zero-order chi connectivity index (χ0) is 18.0. The van der Waals surface area contributed by atoms with Crippen molar-refractivity contribution in [2.75, 3.05) is 0 Å². The van der Waals surface area contributed by atoms with Crippen LogP contribution in [0.15, 0.2) is 22.8 Å². The van der Waals surface area contributed by atoms with Crippen molar-refractivity contribution in [1.82, 2.24) is 0 Å². The van der Waals surface area contributed by atoms with Gasteiger partial charge in [-0.15, -0.1) is 0 Å². The Morgan fingerprint density at radius 3 is 2.64 bits per heavy atom. The van der Waals surface area contributed by atoms with Gasteiger partial charge in [0.2, 0.25) is 0 Å². The lowest BCUT2D eigenvalue weighted by molar-refractivity contribution is -0.140. The molecule has 0 aromatic rings. The maximum absolute atomic E-state index is 12.0. The van der Waals surface area contributed by atoms with Crippen LogP contribution < -0.4 is 0 Å². The van der Waals surface area contributed by atoms with Gasteiger partial charge >= 0.3 is 0 Å². The molecule has 1 N–H and O–H groups in total. The number of ketones is 2. The Morgan fingerprint density at radius 2 is 1.92 bits per heavy atom. The summed E-state index contributed by atoms with van der Waals surface area (Å²) >= 11 is 0. The summed E-state index contributed by atoms with van der Waals surface area (Å²) < 4.78 is 0. The first-order chi connectivity index (χ1) is 11.8. The van der Waals surface area contributed by atoms with Gasteiger partial charge in [-0.05, 0) is 86.3 Å². The zero-order valence-electron chi connectivity index (χ0n) is 15.7. The molecule has 0 spiro atoms. The lowest BCUT2D eigenvalue weighted by Crippen LogP contribution is -2.51. The van der Waals surface area contributed by atoms with E-state index in [4.69, 9.17) is 0 Å². The second-order valence-electron chi connectivity index (χ2n) is 9.28. The molecule has 0 amide bonds. The third kappa shape index (κ3) is 2.27.